The highest BCUT2D eigenvalue weighted by molar-refractivity contribution is 5.96. The van der Waals surface area contributed by atoms with E-state index in [4.69, 9.17) is 0 Å². The average Bonchev–Trinajstić information content (AvgIpc) is 2.84. The molecule has 0 aromatic heterocycles. The monoisotopic (exact) mass is 340 g/mol. The van der Waals surface area contributed by atoms with Crippen molar-refractivity contribution in [2.75, 3.05) is 26.2 Å². The number of carbonyl (C=O) groups excluding carboxylic acids is 1. The highest BCUT2D eigenvalue weighted by Crippen LogP contribution is 2.17. The molecule has 4 heteroatoms. The van der Waals surface area contributed by atoms with Crippen molar-refractivity contribution in [3.63, 3.8) is 0 Å². The van der Waals surface area contributed by atoms with Gasteiger partial charge in [0.05, 0.1) is 0 Å². The van der Waals surface area contributed by atoms with E-state index in [2.05, 4.69) is 4.90 Å². The van der Waals surface area contributed by atoms with Crippen molar-refractivity contribution in [1.82, 2.24) is 9.80 Å². The van der Waals surface area contributed by atoms with E-state index in [1.165, 1.54) is 12.1 Å². The predicted molar refractivity (Wildman–Crippen MR) is 98.1 cm³/mol. The van der Waals surface area contributed by atoms with Crippen molar-refractivity contribution in [3.8, 4) is 0 Å². The van der Waals surface area contributed by atoms with Gasteiger partial charge in [0.15, 0.2) is 0 Å². The van der Waals surface area contributed by atoms with Crippen molar-refractivity contribution in [3.05, 3.63) is 70.5 Å². The second kappa shape index (κ2) is 7.79. The molecule has 2 aromatic rings. The highest BCUT2D eigenvalue weighted by atomic mass is 19.1. The van der Waals surface area contributed by atoms with Gasteiger partial charge < -0.3 is 4.90 Å². The van der Waals surface area contributed by atoms with E-state index in [1.807, 2.05) is 49.1 Å². The van der Waals surface area contributed by atoms with Gasteiger partial charge in [-0.2, -0.15) is 0 Å². The standard InChI is InChI=1S/C21H25FN2O/c1-16-5-3-6-20(17(16)2)21(25)24-12-4-11-23(13-14-24)15-18-7-9-19(22)10-8-18/h3,5-10H,4,11-15H2,1-2H3. The largest absolute Gasteiger partial charge is 0.337 e. The Balaban J connectivity index is 1.64. The molecule has 0 saturated carbocycles. The SMILES string of the molecule is Cc1cccc(C(=O)N2CCCN(Cc3ccc(F)cc3)CC2)c1C. The van der Waals surface area contributed by atoms with E-state index in [1.54, 1.807) is 0 Å². The summed E-state index contributed by atoms with van der Waals surface area (Å²) in [5.74, 6) is -0.0743. The van der Waals surface area contributed by atoms with Gasteiger partial charge in [0.25, 0.3) is 5.91 Å². The van der Waals surface area contributed by atoms with Gasteiger partial charge >= 0.3 is 0 Å². The Hall–Kier alpha value is -2.20. The Bertz CT molecular complexity index is 742. The summed E-state index contributed by atoms with van der Waals surface area (Å²) in [7, 11) is 0. The van der Waals surface area contributed by atoms with Crippen molar-refractivity contribution in [2.45, 2.75) is 26.8 Å². The average molecular weight is 340 g/mol. The predicted octanol–water partition coefficient (Wildman–Crippen LogP) is 3.79. The van der Waals surface area contributed by atoms with Crippen LogP contribution in [0.1, 0.15) is 33.5 Å². The fourth-order valence-electron chi connectivity index (χ4n) is 3.33. The maximum atomic E-state index is 13.0. The molecule has 1 fully saturated rings. The number of amides is 1. The Morgan fingerprint density at radius 1 is 1.00 bits per heavy atom. The summed E-state index contributed by atoms with van der Waals surface area (Å²) in [5.41, 5.74) is 4.14. The molecular weight excluding hydrogens is 315 g/mol. The third-order valence-electron chi connectivity index (χ3n) is 5.03. The van der Waals surface area contributed by atoms with E-state index in [9.17, 15) is 9.18 Å². The van der Waals surface area contributed by atoms with Crippen LogP contribution in [0.5, 0.6) is 0 Å². The molecule has 1 aliphatic rings. The fraction of sp³-hybridized carbons (Fsp3) is 0.381. The minimum Gasteiger partial charge on any atom is -0.337 e. The first-order chi connectivity index (χ1) is 12.0. The highest BCUT2D eigenvalue weighted by Gasteiger charge is 2.21. The minimum absolute atomic E-state index is 0.129. The number of hydrogen-bond donors (Lipinski definition) is 0. The van der Waals surface area contributed by atoms with Crippen LogP contribution < -0.4 is 0 Å². The molecule has 0 unspecified atom stereocenters. The third-order valence-corrected chi connectivity index (χ3v) is 5.03. The van der Waals surface area contributed by atoms with E-state index < -0.39 is 0 Å². The van der Waals surface area contributed by atoms with Crippen LogP contribution in [0.25, 0.3) is 0 Å². The Kier molecular flexibility index (Phi) is 5.49. The topological polar surface area (TPSA) is 23.6 Å². The maximum Gasteiger partial charge on any atom is 0.254 e. The Morgan fingerprint density at radius 2 is 1.76 bits per heavy atom. The van der Waals surface area contributed by atoms with Crippen LogP contribution in [-0.2, 0) is 6.54 Å². The number of aryl methyl sites for hydroxylation is 1. The molecule has 1 heterocycles. The van der Waals surface area contributed by atoms with Crippen molar-refractivity contribution >= 4 is 5.91 Å². The Labute approximate surface area is 149 Å². The van der Waals surface area contributed by atoms with Gasteiger partial charge in [0, 0.05) is 38.3 Å². The molecule has 1 amide bonds. The lowest BCUT2D eigenvalue weighted by Crippen LogP contribution is -2.35. The molecule has 3 rings (SSSR count). The maximum absolute atomic E-state index is 13.0. The van der Waals surface area contributed by atoms with Crippen LogP contribution in [0, 0.1) is 19.7 Å². The normalized spacial score (nSPS) is 15.9. The minimum atomic E-state index is -0.204. The fourth-order valence-corrected chi connectivity index (χ4v) is 3.33. The molecule has 132 valence electrons. The van der Waals surface area contributed by atoms with E-state index in [0.29, 0.717) is 0 Å². The molecule has 0 atom stereocenters. The van der Waals surface area contributed by atoms with Crippen LogP contribution in [0.3, 0.4) is 0 Å². The van der Waals surface area contributed by atoms with E-state index >= 15 is 0 Å². The first-order valence-corrected chi connectivity index (χ1v) is 8.87. The van der Waals surface area contributed by atoms with E-state index in [-0.39, 0.29) is 11.7 Å². The molecule has 0 spiro atoms. The van der Waals surface area contributed by atoms with Crippen LogP contribution >= 0.6 is 0 Å². The molecule has 1 saturated heterocycles. The smallest absolute Gasteiger partial charge is 0.254 e. The lowest BCUT2D eigenvalue weighted by atomic mass is 10.0. The van der Waals surface area contributed by atoms with Gasteiger partial charge in [-0.15, -0.1) is 0 Å². The van der Waals surface area contributed by atoms with Crippen LogP contribution in [0.15, 0.2) is 42.5 Å². The van der Waals surface area contributed by atoms with Gasteiger partial charge in [0.2, 0.25) is 0 Å². The van der Waals surface area contributed by atoms with Gasteiger partial charge in [0.1, 0.15) is 5.82 Å². The quantitative estimate of drug-likeness (QED) is 0.849. The summed E-state index contributed by atoms with van der Waals surface area (Å²) in [6.45, 7) is 8.16. The lowest BCUT2D eigenvalue weighted by Gasteiger charge is -2.23. The molecule has 25 heavy (non-hydrogen) atoms. The van der Waals surface area contributed by atoms with Gasteiger partial charge in [-0.1, -0.05) is 24.3 Å². The number of hydrogen-bond acceptors (Lipinski definition) is 2. The van der Waals surface area contributed by atoms with Crippen molar-refractivity contribution in [2.24, 2.45) is 0 Å². The van der Waals surface area contributed by atoms with Gasteiger partial charge in [-0.3, -0.25) is 9.69 Å². The third kappa shape index (κ3) is 4.26. The number of carbonyl (C=O) groups is 1. The molecule has 0 bridgehead atoms. The summed E-state index contributed by atoms with van der Waals surface area (Å²) < 4.78 is 13.0. The number of halogens is 1. The Morgan fingerprint density at radius 3 is 2.52 bits per heavy atom. The van der Waals surface area contributed by atoms with Gasteiger partial charge in [-0.25, -0.2) is 4.39 Å². The first kappa shape index (κ1) is 17.6. The summed E-state index contributed by atoms with van der Waals surface area (Å²) in [6.07, 6.45) is 0.956. The van der Waals surface area contributed by atoms with E-state index in [0.717, 1.165) is 61.4 Å². The molecule has 0 N–H and O–H groups in total. The number of benzene rings is 2. The summed E-state index contributed by atoms with van der Waals surface area (Å²) >= 11 is 0. The zero-order chi connectivity index (χ0) is 17.8. The number of nitrogens with zero attached hydrogens (tertiary/aromatic N) is 2. The molecule has 0 radical (unpaired) electrons. The summed E-state index contributed by atoms with van der Waals surface area (Å²) in [6, 6.07) is 12.6. The van der Waals surface area contributed by atoms with Crippen molar-refractivity contribution in [1.29, 1.82) is 0 Å². The zero-order valence-corrected chi connectivity index (χ0v) is 15.0. The zero-order valence-electron chi connectivity index (χ0n) is 15.0. The number of rotatable bonds is 3. The van der Waals surface area contributed by atoms with Gasteiger partial charge in [-0.05, 0) is 55.2 Å². The second-order valence-electron chi connectivity index (χ2n) is 6.80. The molecular formula is C21H25FN2O. The van der Waals surface area contributed by atoms with Crippen LogP contribution in [0.2, 0.25) is 0 Å². The molecule has 1 aliphatic heterocycles. The first-order valence-electron chi connectivity index (χ1n) is 8.87. The lowest BCUT2D eigenvalue weighted by molar-refractivity contribution is 0.0760. The molecule has 3 nitrogen and oxygen atoms in total. The summed E-state index contributed by atoms with van der Waals surface area (Å²) in [5, 5.41) is 0. The van der Waals surface area contributed by atoms with Crippen LogP contribution in [0.4, 0.5) is 4.39 Å². The van der Waals surface area contributed by atoms with Crippen LogP contribution in [-0.4, -0.2) is 41.9 Å². The summed E-state index contributed by atoms with van der Waals surface area (Å²) in [4.78, 5) is 17.2. The molecule has 0 aliphatic carbocycles. The molecule has 2 aromatic carbocycles. The van der Waals surface area contributed by atoms with Crippen molar-refractivity contribution < 1.29 is 9.18 Å². The second-order valence-corrected chi connectivity index (χ2v) is 6.80.